The van der Waals surface area contributed by atoms with Crippen molar-refractivity contribution >= 4 is 0 Å². The molecule has 0 aromatic rings. The van der Waals surface area contributed by atoms with Gasteiger partial charge in [-0.05, 0) is 48.7 Å². The van der Waals surface area contributed by atoms with Gasteiger partial charge in [0.2, 0.25) is 0 Å². The average Bonchev–Trinajstić information content (AvgIpc) is 2.34. The number of aliphatic hydroxyl groups is 3. The van der Waals surface area contributed by atoms with Gasteiger partial charge in [0.15, 0.2) is 0 Å². The molecule has 1 aliphatic rings. The molecule has 0 unspecified atom stereocenters. The fraction of sp³-hybridized carbons (Fsp3) is 0.733. The third kappa shape index (κ3) is 3.94. The van der Waals surface area contributed by atoms with Crippen LogP contribution in [0.4, 0.5) is 0 Å². The van der Waals surface area contributed by atoms with Crippen molar-refractivity contribution in [2.75, 3.05) is 6.61 Å². The average molecular weight is 254 g/mol. The van der Waals surface area contributed by atoms with Crippen LogP contribution >= 0.6 is 0 Å². The van der Waals surface area contributed by atoms with E-state index in [9.17, 15) is 15.3 Å². The number of hydrogen-bond acceptors (Lipinski definition) is 3. The van der Waals surface area contributed by atoms with E-state index in [1.54, 1.807) is 0 Å². The van der Waals surface area contributed by atoms with E-state index in [1.165, 1.54) is 0 Å². The lowest BCUT2D eigenvalue weighted by molar-refractivity contribution is -0.0165. The molecule has 3 atom stereocenters. The van der Waals surface area contributed by atoms with Gasteiger partial charge >= 0.3 is 0 Å². The van der Waals surface area contributed by atoms with Crippen LogP contribution in [0.25, 0.3) is 0 Å². The highest BCUT2D eigenvalue weighted by Crippen LogP contribution is 2.29. The quantitative estimate of drug-likeness (QED) is 0.661. The van der Waals surface area contributed by atoms with Gasteiger partial charge in [-0.25, -0.2) is 0 Å². The van der Waals surface area contributed by atoms with Crippen LogP contribution in [-0.2, 0) is 0 Å². The minimum Gasteiger partial charge on any atom is -0.392 e. The van der Waals surface area contributed by atoms with Crippen molar-refractivity contribution in [2.24, 2.45) is 11.8 Å². The van der Waals surface area contributed by atoms with E-state index in [4.69, 9.17) is 0 Å². The fourth-order valence-electron chi connectivity index (χ4n) is 2.58. The highest BCUT2D eigenvalue weighted by molar-refractivity contribution is 5.11. The standard InChI is InChI=1S/C15H26O3/c1-10(2)13-8-7-12(9-16)6-4-5-11(3)14(17)15(13)18/h6,10,13-18H,3-5,7-9H2,1-2H3/b12-6-/t13-,14+,15+/m0/s1. The Labute approximate surface area is 110 Å². The molecule has 0 saturated carbocycles. The lowest BCUT2D eigenvalue weighted by Gasteiger charge is -2.31. The molecule has 0 aromatic carbocycles. The van der Waals surface area contributed by atoms with Gasteiger partial charge in [0.1, 0.15) is 6.10 Å². The summed E-state index contributed by atoms with van der Waals surface area (Å²) in [6, 6.07) is 0. The third-order valence-electron chi connectivity index (χ3n) is 3.94. The topological polar surface area (TPSA) is 60.7 Å². The molecule has 18 heavy (non-hydrogen) atoms. The first-order chi connectivity index (χ1) is 8.47. The second-order valence-corrected chi connectivity index (χ2v) is 5.60. The Kier molecular flexibility index (Phi) is 6.06. The fourth-order valence-corrected chi connectivity index (χ4v) is 2.58. The summed E-state index contributed by atoms with van der Waals surface area (Å²) in [5.74, 6) is 0.326. The van der Waals surface area contributed by atoms with Gasteiger partial charge in [-0.2, -0.15) is 0 Å². The van der Waals surface area contributed by atoms with Crippen LogP contribution in [0.1, 0.15) is 39.5 Å². The molecule has 3 N–H and O–H groups in total. The maximum absolute atomic E-state index is 10.3. The van der Waals surface area contributed by atoms with Gasteiger partial charge in [-0.3, -0.25) is 0 Å². The second kappa shape index (κ2) is 7.07. The van der Waals surface area contributed by atoms with Crippen molar-refractivity contribution in [3.63, 3.8) is 0 Å². The van der Waals surface area contributed by atoms with Crippen LogP contribution in [0.15, 0.2) is 23.8 Å². The zero-order valence-electron chi connectivity index (χ0n) is 11.5. The van der Waals surface area contributed by atoms with Crippen LogP contribution in [0.2, 0.25) is 0 Å². The monoisotopic (exact) mass is 254 g/mol. The normalized spacial score (nSPS) is 34.2. The molecule has 0 heterocycles. The summed E-state index contributed by atoms with van der Waals surface area (Å²) in [4.78, 5) is 0. The van der Waals surface area contributed by atoms with E-state index in [0.29, 0.717) is 17.9 Å². The van der Waals surface area contributed by atoms with Gasteiger partial charge in [0, 0.05) is 0 Å². The first-order valence-corrected chi connectivity index (χ1v) is 6.80. The number of aliphatic hydroxyl groups excluding tert-OH is 3. The summed E-state index contributed by atoms with van der Waals surface area (Å²) in [7, 11) is 0. The molecular weight excluding hydrogens is 228 g/mol. The van der Waals surface area contributed by atoms with Crippen molar-refractivity contribution in [1.82, 2.24) is 0 Å². The summed E-state index contributed by atoms with van der Waals surface area (Å²) in [6.45, 7) is 8.05. The zero-order chi connectivity index (χ0) is 13.7. The predicted molar refractivity (Wildman–Crippen MR) is 73.1 cm³/mol. The lowest BCUT2D eigenvalue weighted by Crippen LogP contribution is -2.37. The van der Waals surface area contributed by atoms with Gasteiger partial charge in [0.25, 0.3) is 0 Å². The summed E-state index contributed by atoms with van der Waals surface area (Å²) in [5, 5.41) is 29.6. The van der Waals surface area contributed by atoms with Crippen molar-refractivity contribution in [3.05, 3.63) is 23.8 Å². The Balaban J connectivity index is 2.89. The van der Waals surface area contributed by atoms with Gasteiger partial charge < -0.3 is 15.3 Å². The Morgan fingerprint density at radius 3 is 2.56 bits per heavy atom. The van der Waals surface area contributed by atoms with Gasteiger partial charge in [-0.1, -0.05) is 26.5 Å². The number of allylic oxidation sites excluding steroid dienone is 1. The molecular formula is C15H26O3. The summed E-state index contributed by atoms with van der Waals surface area (Å²) in [5.41, 5.74) is 1.71. The number of rotatable bonds is 2. The molecule has 3 heteroatoms. The van der Waals surface area contributed by atoms with E-state index in [2.05, 4.69) is 20.4 Å². The molecule has 0 amide bonds. The minimum absolute atomic E-state index is 0.0322. The molecule has 0 radical (unpaired) electrons. The highest BCUT2D eigenvalue weighted by Gasteiger charge is 2.30. The van der Waals surface area contributed by atoms with Gasteiger partial charge in [0.05, 0.1) is 12.7 Å². The molecule has 1 aliphatic carbocycles. The molecule has 0 aromatic heterocycles. The SMILES string of the molecule is C=C1CC/C=C(\CO)CC[C@@H](C(C)C)[C@@H](O)[C@@H]1O. The first-order valence-electron chi connectivity index (χ1n) is 6.80. The van der Waals surface area contributed by atoms with E-state index in [1.807, 2.05) is 6.08 Å². The van der Waals surface area contributed by atoms with Crippen molar-refractivity contribution in [2.45, 2.75) is 51.7 Å². The highest BCUT2D eigenvalue weighted by atomic mass is 16.3. The van der Waals surface area contributed by atoms with E-state index in [-0.39, 0.29) is 12.5 Å². The molecule has 0 bridgehead atoms. The van der Waals surface area contributed by atoms with E-state index < -0.39 is 12.2 Å². The maximum atomic E-state index is 10.3. The third-order valence-corrected chi connectivity index (χ3v) is 3.94. The predicted octanol–water partition coefficient (Wildman–Crippen LogP) is 2.03. The van der Waals surface area contributed by atoms with Gasteiger partial charge in [-0.15, -0.1) is 0 Å². The van der Waals surface area contributed by atoms with Crippen LogP contribution in [0.3, 0.4) is 0 Å². The maximum Gasteiger partial charge on any atom is 0.101 e. The van der Waals surface area contributed by atoms with E-state index in [0.717, 1.165) is 24.8 Å². The zero-order valence-corrected chi connectivity index (χ0v) is 11.5. The Hall–Kier alpha value is -0.640. The molecule has 0 aliphatic heterocycles. The van der Waals surface area contributed by atoms with Crippen LogP contribution < -0.4 is 0 Å². The molecule has 104 valence electrons. The van der Waals surface area contributed by atoms with E-state index >= 15 is 0 Å². The summed E-state index contributed by atoms with van der Waals surface area (Å²) >= 11 is 0. The molecule has 1 rings (SSSR count). The minimum atomic E-state index is -0.832. The first kappa shape index (κ1) is 15.4. The lowest BCUT2D eigenvalue weighted by atomic mass is 9.80. The van der Waals surface area contributed by atoms with Crippen molar-refractivity contribution in [1.29, 1.82) is 0 Å². The molecule has 0 saturated heterocycles. The molecule has 0 fully saturated rings. The van der Waals surface area contributed by atoms with Crippen LogP contribution in [0, 0.1) is 11.8 Å². The molecule has 3 nitrogen and oxygen atoms in total. The summed E-state index contributed by atoms with van der Waals surface area (Å²) in [6.07, 6.45) is 3.45. The van der Waals surface area contributed by atoms with Crippen molar-refractivity contribution < 1.29 is 15.3 Å². The Morgan fingerprint density at radius 1 is 1.33 bits per heavy atom. The van der Waals surface area contributed by atoms with Crippen LogP contribution in [-0.4, -0.2) is 34.1 Å². The second-order valence-electron chi connectivity index (χ2n) is 5.60. The largest absolute Gasteiger partial charge is 0.392 e. The van der Waals surface area contributed by atoms with Crippen LogP contribution in [0.5, 0.6) is 0 Å². The Bertz CT molecular complexity index is 307. The summed E-state index contributed by atoms with van der Waals surface area (Å²) < 4.78 is 0. The van der Waals surface area contributed by atoms with Crippen molar-refractivity contribution in [3.8, 4) is 0 Å². The molecule has 0 spiro atoms. The number of hydrogen-bond donors (Lipinski definition) is 3. The Morgan fingerprint density at radius 2 is 2.00 bits per heavy atom. The smallest absolute Gasteiger partial charge is 0.101 e.